The number of nitro groups is 1. The first-order valence-corrected chi connectivity index (χ1v) is 7.62. The summed E-state index contributed by atoms with van der Waals surface area (Å²) in [6.07, 6.45) is 0. The van der Waals surface area contributed by atoms with Crippen molar-refractivity contribution in [1.82, 2.24) is 4.90 Å². The topological polar surface area (TPSA) is 81.9 Å². The van der Waals surface area contributed by atoms with Crippen molar-refractivity contribution in [3.63, 3.8) is 0 Å². The highest BCUT2D eigenvalue weighted by atomic mass is 16.6. The molecule has 0 heterocycles. The molecule has 132 valence electrons. The van der Waals surface area contributed by atoms with Crippen LogP contribution in [0.25, 0.3) is 0 Å². The van der Waals surface area contributed by atoms with Gasteiger partial charge in [0, 0.05) is 24.7 Å². The van der Waals surface area contributed by atoms with Gasteiger partial charge in [-0.15, -0.1) is 0 Å². The highest BCUT2D eigenvalue weighted by molar-refractivity contribution is 5.94. The summed E-state index contributed by atoms with van der Waals surface area (Å²) in [5.74, 6) is 0.875. The molecular weight excluding hydrogens is 324 g/mol. The number of benzene rings is 2. The number of hydrogen-bond acceptors (Lipinski definition) is 5. The zero-order valence-electron chi connectivity index (χ0n) is 14.6. The molecular formula is C18H20N2O5. The fraction of sp³-hybridized carbons (Fsp3) is 0.278. The van der Waals surface area contributed by atoms with Crippen LogP contribution in [0.2, 0.25) is 0 Å². The molecule has 0 saturated carbocycles. The highest BCUT2D eigenvalue weighted by Gasteiger charge is 2.21. The van der Waals surface area contributed by atoms with E-state index in [0.29, 0.717) is 11.5 Å². The van der Waals surface area contributed by atoms with Crippen LogP contribution in [0, 0.1) is 10.1 Å². The van der Waals surface area contributed by atoms with Gasteiger partial charge < -0.3 is 14.4 Å². The predicted molar refractivity (Wildman–Crippen MR) is 93.2 cm³/mol. The van der Waals surface area contributed by atoms with Gasteiger partial charge in [-0.2, -0.15) is 0 Å². The Hall–Kier alpha value is -3.09. The van der Waals surface area contributed by atoms with Crippen LogP contribution in [0.15, 0.2) is 42.5 Å². The lowest BCUT2D eigenvalue weighted by molar-refractivity contribution is -0.384. The summed E-state index contributed by atoms with van der Waals surface area (Å²) >= 11 is 0. The van der Waals surface area contributed by atoms with Gasteiger partial charge in [0.2, 0.25) is 0 Å². The fourth-order valence-corrected chi connectivity index (χ4v) is 2.47. The molecule has 0 saturated heterocycles. The van der Waals surface area contributed by atoms with Gasteiger partial charge in [0.05, 0.1) is 25.2 Å². The Morgan fingerprint density at radius 3 is 2.40 bits per heavy atom. The highest BCUT2D eigenvalue weighted by Crippen LogP contribution is 2.32. The van der Waals surface area contributed by atoms with E-state index in [-0.39, 0.29) is 23.2 Å². The van der Waals surface area contributed by atoms with Crippen molar-refractivity contribution in [3.8, 4) is 11.5 Å². The van der Waals surface area contributed by atoms with Gasteiger partial charge in [-0.25, -0.2) is 0 Å². The Bertz CT molecular complexity index is 791. The zero-order valence-corrected chi connectivity index (χ0v) is 14.6. The second kappa shape index (κ2) is 7.65. The third kappa shape index (κ3) is 3.88. The minimum Gasteiger partial charge on any atom is -0.493 e. The average molecular weight is 344 g/mol. The van der Waals surface area contributed by atoms with E-state index in [4.69, 9.17) is 9.47 Å². The van der Waals surface area contributed by atoms with E-state index in [0.717, 1.165) is 5.56 Å². The Morgan fingerprint density at radius 2 is 1.80 bits per heavy atom. The molecule has 0 aliphatic carbocycles. The SMILES string of the molecule is COc1ccc([C@H](C)N(C)C(=O)c2cccc([N+](=O)[O-])c2)cc1OC. The Balaban J connectivity index is 2.27. The second-order valence-corrected chi connectivity index (χ2v) is 5.51. The standard InChI is InChI=1S/C18H20N2O5/c1-12(13-8-9-16(24-3)17(11-13)25-4)19(2)18(21)14-6-5-7-15(10-14)20(22)23/h5-12H,1-4H3/t12-/m0/s1. The number of carbonyl (C=O) groups excluding carboxylic acids is 1. The number of non-ortho nitro benzene ring substituents is 1. The van der Waals surface area contributed by atoms with E-state index in [1.165, 1.54) is 23.1 Å². The van der Waals surface area contributed by atoms with Crippen LogP contribution in [-0.2, 0) is 0 Å². The third-order valence-corrected chi connectivity index (χ3v) is 4.10. The summed E-state index contributed by atoms with van der Waals surface area (Å²) < 4.78 is 10.5. The summed E-state index contributed by atoms with van der Waals surface area (Å²) in [4.78, 5) is 24.6. The van der Waals surface area contributed by atoms with Crippen molar-refractivity contribution in [3.05, 3.63) is 63.7 Å². The lowest BCUT2D eigenvalue weighted by atomic mass is 10.1. The number of nitrogens with zero attached hydrogens (tertiary/aromatic N) is 2. The van der Waals surface area contributed by atoms with Crippen molar-refractivity contribution < 1.29 is 19.2 Å². The van der Waals surface area contributed by atoms with E-state index in [1.54, 1.807) is 39.5 Å². The fourth-order valence-electron chi connectivity index (χ4n) is 2.47. The molecule has 0 aliphatic rings. The largest absolute Gasteiger partial charge is 0.493 e. The summed E-state index contributed by atoms with van der Waals surface area (Å²) in [6, 6.07) is 10.9. The van der Waals surface area contributed by atoms with E-state index in [9.17, 15) is 14.9 Å². The summed E-state index contributed by atoms with van der Waals surface area (Å²) in [6.45, 7) is 1.87. The molecule has 1 amide bonds. The van der Waals surface area contributed by atoms with Crippen LogP contribution in [0.4, 0.5) is 5.69 Å². The van der Waals surface area contributed by atoms with Gasteiger partial charge in [-0.3, -0.25) is 14.9 Å². The maximum atomic E-state index is 12.7. The Kier molecular flexibility index (Phi) is 5.59. The van der Waals surface area contributed by atoms with Gasteiger partial charge in [0.1, 0.15) is 0 Å². The first kappa shape index (κ1) is 18.3. The molecule has 7 nitrogen and oxygen atoms in total. The van der Waals surface area contributed by atoms with Crippen LogP contribution < -0.4 is 9.47 Å². The molecule has 0 bridgehead atoms. The summed E-state index contributed by atoms with van der Waals surface area (Å²) in [7, 11) is 4.76. The molecule has 0 N–H and O–H groups in total. The van der Waals surface area contributed by atoms with Crippen LogP contribution in [0.1, 0.15) is 28.9 Å². The minimum atomic E-state index is -0.519. The number of methoxy groups -OCH3 is 2. The van der Waals surface area contributed by atoms with Crippen molar-refractivity contribution in [1.29, 1.82) is 0 Å². The van der Waals surface area contributed by atoms with E-state index in [1.807, 2.05) is 13.0 Å². The molecule has 2 aromatic rings. The number of amides is 1. The minimum absolute atomic E-state index is 0.113. The van der Waals surface area contributed by atoms with E-state index >= 15 is 0 Å². The van der Waals surface area contributed by atoms with Gasteiger partial charge in [-0.1, -0.05) is 12.1 Å². The molecule has 7 heteroatoms. The van der Waals surface area contributed by atoms with Gasteiger partial charge >= 0.3 is 0 Å². The quantitative estimate of drug-likeness (QED) is 0.592. The third-order valence-electron chi connectivity index (χ3n) is 4.10. The van der Waals surface area contributed by atoms with E-state index in [2.05, 4.69) is 0 Å². The van der Waals surface area contributed by atoms with Crippen molar-refractivity contribution >= 4 is 11.6 Å². The molecule has 1 atom stereocenters. The van der Waals surface area contributed by atoms with Crippen LogP contribution in [-0.4, -0.2) is 37.0 Å². The molecule has 0 radical (unpaired) electrons. The molecule has 2 aromatic carbocycles. The molecule has 0 spiro atoms. The molecule has 2 rings (SSSR count). The number of nitro benzene ring substituents is 1. The molecule has 0 unspecified atom stereocenters. The monoisotopic (exact) mass is 344 g/mol. The maximum absolute atomic E-state index is 12.7. The van der Waals surface area contributed by atoms with E-state index < -0.39 is 4.92 Å². The van der Waals surface area contributed by atoms with Crippen molar-refractivity contribution in [2.24, 2.45) is 0 Å². The van der Waals surface area contributed by atoms with Crippen LogP contribution >= 0.6 is 0 Å². The second-order valence-electron chi connectivity index (χ2n) is 5.51. The number of rotatable bonds is 6. The summed E-state index contributed by atoms with van der Waals surface area (Å²) in [5, 5.41) is 10.9. The first-order valence-electron chi connectivity index (χ1n) is 7.62. The number of carbonyl (C=O) groups is 1. The molecule has 0 aliphatic heterocycles. The maximum Gasteiger partial charge on any atom is 0.270 e. The first-order chi connectivity index (χ1) is 11.9. The normalized spacial score (nSPS) is 11.5. The van der Waals surface area contributed by atoms with Gasteiger partial charge in [0.25, 0.3) is 11.6 Å². The zero-order chi connectivity index (χ0) is 18.6. The van der Waals surface area contributed by atoms with Crippen LogP contribution in [0.5, 0.6) is 11.5 Å². The van der Waals surface area contributed by atoms with Crippen LogP contribution in [0.3, 0.4) is 0 Å². The van der Waals surface area contributed by atoms with Gasteiger partial charge in [-0.05, 0) is 30.7 Å². The van der Waals surface area contributed by atoms with Crippen molar-refractivity contribution in [2.75, 3.05) is 21.3 Å². The average Bonchev–Trinajstić information content (AvgIpc) is 2.65. The smallest absolute Gasteiger partial charge is 0.270 e. The summed E-state index contributed by atoms with van der Waals surface area (Å²) in [5.41, 5.74) is 1.01. The lowest BCUT2D eigenvalue weighted by Crippen LogP contribution is -2.29. The molecule has 0 aromatic heterocycles. The molecule has 0 fully saturated rings. The Labute approximate surface area is 145 Å². The number of ether oxygens (including phenoxy) is 2. The van der Waals surface area contributed by atoms with Crippen molar-refractivity contribution in [2.45, 2.75) is 13.0 Å². The predicted octanol–water partition coefficient (Wildman–Crippen LogP) is 3.45. The number of hydrogen-bond donors (Lipinski definition) is 0. The lowest BCUT2D eigenvalue weighted by Gasteiger charge is -2.26. The van der Waals surface area contributed by atoms with Gasteiger partial charge in [0.15, 0.2) is 11.5 Å². The molecule has 25 heavy (non-hydrogen) atoms. The Morgan fingerprint density at radius 1 is 1.12 bits per heavy atom.